The van der Waals surface area contributed by atoms with Gasteiger partial charge in [0.2, 0.25) is 0 Å². The van der Waals surface area contributed by atoms with Gasteiger partial charge in [-0.3, -0.25) is 4.79 Å². The van der Waals surface area contributed by atoms with Gasteiger partial charge in [-0.25, -0.2) is 4.79 Å². The number of urea groups is 1. The molecule has 3 N–H and O–H groups in total. The van der Waals surface area contributed by atoms with Crippen LogP contribution in [0.5, 0.6) is 0 Å². The highest BCUT2D eigenvalue weighted by molar-refractivity contribution is 6.10. The van der Waals surface area contributed by atoms with Gasteiger partial charge in [0.1, 0.15) is 0 Å². The Bertz CT molecular complexity index is 1510. The summed E-state index contributed by atoms with van der Waals surface area (Å²) in [6, 6.07) is 4.34. The molecule has 1 aromatic rings. The SMILES string of the molecule is COCCCN(CC1(O)CCC2C34C=CC5(C=C3C(=O)c3cccc(C(F)(F)F)c3)CC(O)CCC5(C)C4CCC21C)C(=O)NC(C)C. The number of amides is 2. The first-order chi connectivity index (χ1) is 22.5. The second kappa shape index (κ2) is 12.0. The van der Waals surface area contributed by atoms with Crippen LogP contribution in [0.25, 0.3) is 0 Å². The standard InChI is InChI=1S/C38H51F3N2O5/c1-24(2)42-32(46)43(18-7-19-48-5)23-36(47)15-12-30-34(36,4)14-11-29-33(3)13-10-27(44)21-35(33)16-17-37(29,30)28(22-35)31(45)25-8-6-9-26(20-25)38(39,40)41/h6,8-9,16-17,20,22,24,27,29-30,44,47H,7,10-15,18-19,21,23H2,1-5H3,(H,42,46). The minimum absolute atomic E-state index is 0.000260. The van der Waals surface area contributed by atoms with Crippen molar-refractivity contribution in [3.63, 3.8) is 0 Å². The Morgan fingerprint density at radius 2 is 1.75 bits per heavy atom. The molecular weight excluding hydrogens is 621 g/mol. The van der Waals surface area contributed by atoms with Gasteiger partial charge in [0.05, 0.1) is 23.8 Å². The minimum Gasteiger partial charge on any atom is -0.393 e. The van der Waals surface area contributed by atoms with E-state index in [0.29, 0.717) is 63.7 Å². The van der Waals surface area contributed by atoms with Crippen LogP contribution in [0, 0.1) is 33.5 Å². The second-order valence-electron chi connectivity index (χ2n) is 16.1. The van der Waals surface area contributed by atoms with Crippen molar-refractivity contribution in [2.45, 2.75) is 103 Å². The molecule has 0 radical (unpaired) electrons. The number of halogens is 3. The fraction of sp³-hybridized carbons (Fsp3) is 0.684. The van der Waals surface area contributed by atoms with Gasteiger partial charge < -0.3 is 25.2 Å². The van der Waals surface area contributed by atoms with Gasteiger partial charge in [0, 0.05) is 53.7 Å². The summed E-state index contributed by atoms with van der Waals surface area (Å²) in [5, 5.41) is 26.6. The third-order valence-electron chi connectivity index (χ3n) is 13.3. The summed E-state index contributed by atoms with van der Waals surface area (Å²) in [4.78, 5) is 29.8. The maximum atomic E-state index is 14.7. The maximum absolute atomic E-state index is 14.7. The number of ketones is 1. The summed E-state index contributed by atoms with van der Waals surface area (Å²) in [5.41, 5.74) is -4.02. The van der Waals surface area contributed by atoms with E-state index in [1.165, 1.54) is 12.1 Å². The average Bonchev–Trinajstić information content (AvgIpc) is 3.29. The lowest BCUT2D eigenvalue weighted by atomic mass is 9.32. The van der Waals surface area contributed by atoms with E-state index in [0.717, 1.165) is 18.6 Å². The van der Waals surface area contributed by atoms with Crippen LogP contribution in [-0.4, -0.2) is 71.5 Å². The molecule has 6 aliphatic carbocycles. The monoisotopic (exact) mass is 672 g/mol. The summed E-state index contributed by atoms with van der Waals surface area (Å²) < 4.78 is 46.7. The second-order valence-corrected chi connectivity index (χ2v) is 16.1. The number of nitrogens with zero attached hydrogens (tertiary/aromatic N) is 1. The molecular formula is C38H51F3N2O5. The Balaban J connectivity index is 1.44. The van der Waals surface area contributed by atoms with Crippen molar-refractivity contribution < 1.29 is 37.7 Å². The summed E-state index contributed by atoms with van der Waals surface area (Å²) in [6.07, 6.45) is 6.10. The molecule has 0 aliphatic heterocycles. The summed E-state index contributed by atoms with van der Waals surface area (Å²) in [7, 11) is 1.61. The first kappa shape index (κ1) is 35.1. The number of alkyl halides is 3. The van der Waals surface area contributed by atoms with Crippen molar-refractivity contribution in [2.24, 2.45) is 33.5 Å². The Labute approximate surface area is 282 Å². The average molecular weight is 673 g/mol. The molecule has 2 bridgehead atoms. The molecule has 0 saturated heterocycles. The van der Waals surface area contributed by atoms with Crippen LogP contribution in [0.1, 0.15) is 95.0 Å². The highest BCUT2D eigenvalue weighted by Crippen LogP contribution is 2.78. The van der Waals surface area contributed by atoms with Crippen LogP contribution in [0.4, 0.5) is 18.0 Å². The number of allylic oxidation sites excluding steroid dienone is 4. The number of hydrogen-bond acceptors (Lipinski definition) is 5. The van der Waals surface area contributed by atoms with E-state index < -0.39 is 45.5 Å². The fourth-order valence-electron chi connectivity index (χ4n) is 10.9. The van der Waals surface area contributed by atoms with Gasteiger partial charge in [-0.1, -0.05) is 44.2 Å². The first-order valence-electron chi connectivity index (χ1n) is 17.6. The van der Waals surface area contributed by atoms with Gasteiger partial charge >= 0.3 is 12.2 Å². The van der Waals surface area contributed by atoms with E-state index in [-0.39, 0.29) is 41.4 Å². The van der Waals surface area contributed by atoms with Gasteiger partial charge in [-0.2, -0.15) is 13.2 Å². The molecule has 2 amide bonds. The number of carbonyl (C=O) groups excluding carboxylic acids is 2. The number of ether oxygens (including phenoxy) is 1. The lowest BCUT2D eigenvalue weighted by Gasteiger charge is -2.71. The minimum atomic E-state index is -4.59. The Hall–Kier alpha value is -2.69. The highest BCUT2D eigenvalue weighted by Gasteiger charge is 2.74. The third-order valence-corrected chi connectivity index (χ3v) is 13.3. The summed E-state index contributed by atoms with van der Waals surface area (Å²) in [5.74, 6) is -0.615. The topological polar surface area (TPSA) is 99.1 Å². The molecule has 48 heavy (non-hydrogen) atoms. The smallest absolute Gasteiger partial charge is 0.393 e. The quantitative estimate of drug-likeness (QED) is 0.150. The maximum Gasteiger partial charge on any atom is 0.416 e. The van der Waals surface area contributed by atoms with Gasteiger partial charge in [-0.15, -0.1) is 0 Å². The third kappa shape index (κ3) is 5.18. The molecule has 3 saturated carbocycles. The molecule has 6 aliphatic rings. The zero-order valence-electron chi connectivity index (χ0n) is 28.8. The molecule has 8 atom stereocenters. The van der Waals surface area contributed by atoms with E-state index >= 15 is 0 Å². The molecule has 7 nitrogen and oxygen atoms in total. The van der Waals surface area contributed by atoms with Crippen LogP contribution in [0.3, 0.4) is 0 Å². The molecule has 2 spiro atoms. The van der Waals surface area contributed by atoms with Gasteiger partial charge in [0.15, 0.2) is 5.78 Å². The number of aliphatic hydroxyl groups is 2. The zero-order valence-corrected chi connectivity index (χ0v) is 28.8. The van der Waals surface area contributed by atoms with Crippen molar-refractivity contribution in [1.82, 2.24) is 10.2 Å². The normalized spacial score (nSPS) is 38.2. The van der Waals surface area contributed by atoms with Crippen LogP contribution >= 0.6 is 0 Å². The van der Waals surface area contributed by atoms with Crippen molar-refractivity contribution in [1.29, 1.82) is 0 Å². The summed E-state index contributed by atoms with van der Waals surface area (Å²) in [6.45, 7) is 9.15. The number of rotatable bonds is 9. The molecule has 0 aromatic heterocycles. The van der Waals surface area contributed by atoms with E-state index in [2.05, 4.69) is 31.3 Å². The number of carbonyl (C=O) groups is 2. The predicted octanol–water partition coefficient (Wildman–Crippen LogP) is 6.94. The molecule has 8 unspecified atom stereocenters. The molecule has 264 valence electrons. The van der Waals surface area contributed by atoms with E-state index in [9.17, 15) is 33.0 Å². The Morgan fingerprint density at radius 3 is 2.44 bits per heavy atom. The largest absolute Gasteiger partial charge is 0.416 e. The number of hydrogen-bond donors (Lipinski definition) is 3. The molecule has 3 fully saturated rings. The van der Waals surface area contributed by atoms with Crippen molar-refractivity contribution >= 4 is 11.8 Å². The van der Waals surface area contributed by atoms with Gasteiger partial charge in [0.25, 0.3) is 0 Å². The Kier molecular flexibility index (Phi) is 8.77. The van der Waals surface area contributed by atoms with E-state index in [1.807, 2.05) is 19.9 Å². The molecule has 10 heteroatoms. The molecule has 0 heterocycles. The predicted molar refractivity (Wildman–Crippen MR) is 176 cm³/mol. The number of methoxy groups -OCH3 is 1. The fourth-order valence-corrected chi connectivity index (χ4v) is 10.9. The van der Waals surface area contributed by atoms with E-state index in [4.69, 9.17) is 4.74 Å². The molecule has 7 rings (SSSR count). The number of nitrogens with one attached hydrogen (secondary N) is 1. The number of fused-ring (bicyclic) bond motifs is 1. The Morgan fingerprint density at radius 1 is 1.06 bits per heavy atom. The van der Waals surface area contributed by atoms with Gasteiger partial charge in [-0.05, 0) is 94.6 Å². The van der Waals surface area contributed by atoms with Crippen LogP contribution in [0.15, 0.2) is 48.1 Å². The lowest BCUT2D eigenvalue weighted by Crippen LogP contribution is -2.67. The van der Waals surface area contributed by atoms with Crippen LogP contribution < -0.4 is 5.32 Å². The zero-order chi connectivity index (χ0) is 34.9. The number of Topliss-reactive ketones (excluding diaryl/α,β-unsaturated/α-hetero) is 1. The number of benzene rings is 1. The number of aliphatic hydroxyl groups excluding tert-OH is 1. The van der Waals surface area contributed by atoms with Crippen molar-refractivity contribution in [3.05, 3.63) is 59.2 Å². The van der Waals surface area contributed by atoms with E-state index in [1.54, 1.807) is 12.0 Å². The van der Waals surface area contributed by atoms with Crippen LogP contribution in [-0.2, 0) is 10.9 Å². The lowest BCUT2D eigenvalue weighted by molar-refractivity contribution is -0.174. The highest BCUT2D eigenvalue weighted by atomic mass is 19.4. The van der Waals surface area contributed by atoms with Crippen LogP contribution in [0.2, 0.25) is 0 Å². The van der Waals surface area contributed by atoms with Crippen molar-refractivity contribution in [2.75, 3.05) is 26.8 Å². The summed E-state index contributed by atoms with van der Waals surface area (Å²) >= 11 is 0. The van der Waals surface area contributed by atoms with Crippen molar-refractivity contribution in [3.8, 4) is 0 Å². The first-order valence-corrected chi connectivity index (χ1v) is 17.6. The molecule has 1 aromatic carbocycles.